The fourth-order valence-corrected chi connectivity index (χ4v) is 4.03. The molecule has 21 heavy (non-hydrogen) atoms. The summed E-state index contributed by atoms with van der Waals surface area (Å²) >= 11 is 3.53. The summed E-state index contributed by atoms with van der Waals surface area (Å²) in [7, 11) is 1.99. The molecule has 2 aliphatic rings. The summed E-state index contributed by atoms with van der Waals surface area (Å²) in [6.07, 6.45) is 7.57. The number of pyridine rings is 1. The van der Waals surface area contributed by atoms with Crippen molar-refractivity contribution < 1.29 is 0 Å². The molecule has 3 rings (SSSR count). The van der Waals surface area contributed by atoms with Gasteiger partial charge in [0.2, 0.25) is 0 Å². The van der Waals surface area contributed by atoms with Crippen molar-refractivity contribution in [2.45, 2.75) is 38.3 Å². The lowest BCUT2D eigenvalue weighted by Gasteiger charge is -2.39. The van der Waals surface area contributed by atoms with Gasteiger partial charge >= 0.3 is 0 Å². The predicted octanol–water partition coefficient (Wildman–Crippen LogP) is 2.63. The van der Waals surface area contributed by atoms with Gasteiger partial charge in [0.1, 0.15) is 5.82 Å². The zero-order chi connectivity index (χ0) is 14.7. The van der Waals surface area contributed by atoms with Crippen LogP contribution in [-0.4, -0.2) is 49.2 Å². The van der Waals surface area contributed by atoms with Gasteiger partial charge in [-0.3, -0.25) is 4.90 Å². The molecule has 0 bridgehead atoms. The number of aromatic nitrogens is 1. The Hall–Kier alpha value is -0.650. The van der Waals surface area contributed by atoms with Gasteiger partial charge in [-0.15, -0.1) is 0 Å². The molecule has 0 amide bonds. The number of nitrogens with one attached hydrogen (secondary N) is 1. The van der Waals surface area contributed by atoms with Crippen LogP contribution >= 0.6 is 15.9 Å². The minimum Gasteiger partial charge on any atom is -0.354 e. The molecule has 1 aromatic heterocycles. The van der Waals surface area contributed by atoms with Crippen LogP contribution in [0.15, 0.2) is 16.7 Å². The number of rotatable bonds is 4. The van der Waals surface area contributed by atoms with Crippen LogP contribution in [0.3, 0.4) is 0 Å². The van der Waals surface area contributed by atoms with Crippen molar-refractivity contribution in [3.63, 3.8) is 0 Å². The maximum Gasteiger partial charge on any atom is 0.133 e. The lowest BCUT2D eigenvalue weighted by Crippen LogP contribution is -2.50. The highest BCUT2D eigenvalue weighted by Gasteiger charge is 2.27. The van der Waals surface area contributed by atoms with Crippen LogP contribution in [0.2, 0.25) is 0 Å². The second kappa shape index (κ2) is 7.07. The van der Waals surface area contributed by atoms with Gasteiger partial charge in [0, 0.05) is 55.0 Å². The van der Waals surface area contributed by atoms with Crippen molar-refractivity contribution in [2.75, 3.05) is 38.1 Å². The highest BCUT2D eigenvalue weighted by molar-refractivity contribution is 9.10. The van der Waals surface area contributed by atoms with E-state index in [0.29, 0.717) is 0 Å². The van der Waals surface area contributed by atoms with Gasteiger partial charge in [-0.1, -0.05) is 12.8 Å². The first-order valence-electron chi connectivity index (χ1n) is 8.06. The Balaban J connectivity index is 1.66. The Morgan fingerprint density at radius 3 is 2.62 bits per heavy atom. The molecule has 5 heteroatoms. The van der Waals surface area contributed by atoms with Crippen LogP contribution in [0, 0.1) is 0 Å². The molecule has 1 aliphatic heterocycles. The van der Waals surface area contributed by atoms with E-state index in [9.17, 15) is 0 Å². The molecule has 2 heterocycles. The average molecular weight is 353 g/mol. The zero-order valence-electron chi connectivity index (χ0n) is 12.8. The summed E-state index contributed by atoms with van der Waals surface area (Å²) in [5, 5.41) is 3.25. The summed E-state index contributed by atoms with van der Waals surface area (Å²) in [4.78, 5) is 9.81. The van der Waals surface area contributed by atoms with E-state index in [4.69, 9.17) is 0 Å². The van der Waals surface area contributed by atoms with Crippen LogP contribution in [0.5, 0.6) is 0 Å². The first-order valence-corrected chi connectivity index (χ1v) is 8.85. The van der Waals surface area contributed by atoms with E-state index in [-0.39, 0.29) is 0 Å². The van der Waals surface area contributed by atoms with Crippen molar-refractivity contribution in [1.82, 2.24) is 15.2 Å². The molecule has 1 aliphatic carbocycles. The van der Waals surface area contributed by atoms with Crippen LogP contribution in [-0.2, 0) is 6.54 Å². The highest BCUT2D eigenvalue weighted by Crippen LogP contribution is 2.27. The maximum atomic E-state index is 4.66. The zero-order valence-corrected chi connectivity index (χ0v) is 14.4. The van der Waals surface area contributed by atoms with Crippen LogP contribution in [0.4, 0.5) is 5.82 Å². The third kappa shape index (κ3) is 3.58. The molecule has 0 radical (unpaired) electrons. The predicted molar refractivity (Wildman–Crippen MR) is 90.7 cm³/mol. The number of piperazine rings is 1. The van der Waals surface area contributed by atoms with E-state index in [1.807, 2.05) is 13.2 Å². The number of hydrogen-bond donors (Lipinski definition) is 1. The normalized spacial score (nSPS) is 21.1. The second-order valence-electron chi connectivity index (χ2n) is 6.13. The summed E-state index contributed by atoms with van der Waals surface area (Å²) in [5.74, 6) is 1.15. The molecule has 4 nitrogen and oxygen atoms in total. The molecule has 116 valence electrons. The topological polar surface area (TPSA) is 31.4 Å². The van der Waals surface area contributed by atoms with Crippen molar-refractivity contribution in [3.05, 3.63) is 22.3 Å². The Kier molecular flexibility index (Phi) is 5.14. The summed E-state index contributed by atoms with van der Waals surface area (Å²) < 4.78 is 1.06. The van der Waals surface area contributed by atoms with E-state index < -0.39 is 0 Å². The third-order valence-electron chi connectivity index (χ3n) is 4.73. The summed E-state index contributed by atoms with van der Waals surface area (Å²) in [5.41, 5.74) is 1.28. The maximum absolute atomic E-state index is 4.66. The molecular weight excluding hydrogens is 328 g/mol. The highest BCUT2D eigenvalue weighted by atomic mass is 79.9. The Bertz CT molecular complexity index is 465. The molecule has 0 unspecified atom stereocenters. The largest absolute Gasteiger partial charge is 0.354 e. The van der Waals surface area contributed by atoms with Gasteiger partial charge in [-0.2, -0.15) is 0 Å². The standard InChI is InChI=1S/C16H25BrN4/c1-18-11-13-10-14(17)12-19-16(13)21-8-6-20(7-9-21)15-4-2-3-5-15/h10,12,15,18H,2-9,11H2,1H3. The quantitative estimate of drug-likeness (QED) is 0.902. The minimum atomic E-state index is 0.849. The Morgan fingerprint density at radius 2 is 1.95 bits per heavy atom. The van der Waals surface area contributed by atoms with Crippen LogP contribution in [0.25, 0.3) is 0 Å². The lowest BCUT2D eigenvalue weighted by molar-refractivity contribution is 0.187. The SMILES string of the molecule is CNCc1cc(Br)cnc1N1CCN(C2CCCC2)CC1. The molecule has 1 N–H and O–H groups in total. The number of anilines is 1. The lowest BCUT2D eigenvalue weighted by atomic mass is 10.1. The molecule has 2 fully saturated rings. The van der Waals surface area contributed by atoms with Gasteiger partial charge in [0.25, 0.3) is 0 Å². The molecule has 0 atom stereocenters. The molecular formula is C16H25BrN4. The van der Waals surface area contributed by atoms with E-state index >= 15 is 0 Å². The second-order valence-corrected chi connectivity index (χ2v) is 7.04. The number of halogens is 1. The molecule has 0 spiro atoms. The van der Waals surface area contributed by atoms with Crippen molar-refractivity contribution in [1.29, 1.82) is 0 Å². The van der Waals surface area contributed by atoms with E-state index in [1.165, 1.54) is 44.3 Å². The molecule has 1 aromatic rings. The Labute approximate surface area is 136 Å². The van der Waals surface area contributed by atoms with Crippen LogP contribution in [0.1, 0.15) is 31.2 Å². The van der Waals surface area contributed by atoms with E-state index in [1.54, 1.807) is 0 Å². The van der Waals surface area contributed by atoms with Gasteiger partial charge in [0.05, 0.1) is 0 Å². The van der Waals surface area contributed by atoms with Gasteiger partial charge in [0.15, 0.2) is 0 Å². The molecule has 1 saturated heterocycles. The molecule has 1 saturated carbocycles. The monoisotopic (exact) mass is 352 g/mol. The number of hydrogen-bond acceptors (Lipinski definition) is 4. The molecule has 0 aromatic carbocycles. The summed E-state index contributed by atoms with van der Waals surface area (Å²) in [6.45, 7) is 5.43. The minimum absolute atomic E-state index is 0.849. The number of nitrogens with zero attached hydrogens (tertiary/aromatic N) is 3. The van der Waals surface area contributed by atoms with Crippen molar-refractivity contribution in [2.24, 2.45) is 0 Å². The van der Waals surface area contributed by atoms with Gasteiger partial charge in [-0.25, -0.2) is 4.98 Å². The van der Waals surface area contributed by atoms with Gasteiger partial charge < -0.3 is 10.2 Å². The average Bonchev–Trinajstić information content (AvgIpc) is 3.02. The van der Waals surface area contributed by atoms with Crippen molar-refractivity contribution >= 4 is 21.7 Å². The first-order chi connectivity index (χ1) is 10.3. The van der Waals surface area contributed by atoms with E-state index in [0.717, 1.165) is 36.0 Å². The van der Waals surface area contributed by atoms with Crippen molar-refractivity contribution in [3.8, 4) is 0 Å². The summed E-state index contributed by atoms with van der Waals surface area (Å²) in [6, 6.07) is 3.03. The smallest absolute Gasteiger partial charge is 0.133 e. The van der Waals surface area contributed by atoms with E-state index in [2.05, 4.69) is 42.1 Å². The fourth-order valence-electron chi connectivity index (χ4n) is 3.65. The third-order valence-corrected chi connectivity index (χ3v) is 5.17. The first kappa shape index (κ1) is 15.3. The fraction of sp³-hybridized carbons (Fsp3) is 0.688. The Morgan fingerprint density at radius 1 is 1.24 bits per heavy atom. The van der Waals surface area contributed by atoms with Crippen LogP contribution < -0.4 is 10.2 Å². The van der Waals surface area contributed by atoms with Gasteiger partial charge in [-0.05, 0) is 41.9 Å².